The van der Waals surface area contributed by atoms with E-state index < -0.39 is 5.66 Å². The van der Waals surface area contributed by atoms with Crippen LogP contribution in [0.25, 0.3) is 6.08 Å². The summed E-state index contributed by atoms with van der Waals surface area (Å²) in [6.07, 6.45) is 6.31. The Bertz CT molecular complexity index is 1040. The van der Waals surface area contributed by atoms with Crippen molar-refractivity contribution in [3.8, 4) is 0 Å². The van der Waals surface area contributed by atoms with Crippen LogP contribution in [0.2, 0.25) is 0 Å². The number of benzene rings is 2. The van der Waals surface area contributed by atoms with Gasteiger partial charge in [0.15, 0.2) is 0 Å². The number of anilines is 3. The third kappa shape index (κ3) is 2.78. The molecular formula is C21H21N5O. The van der Waals surface area contributed by atoms with Gasteiger partial charge in [-0.25, -0.2) is 0 Å². The molecule has 0 fully saturated rings. The van der Waals surface area contributed by atoms with Gasteiger partial charge in [-0.2, -0.15) is 0 Å². The van der Waals surface area contributed by atoms with Crippen molar-refractivity contribution >= 4 is 23.5 Å². The number of hydrogen-bond donors (Lipinski definition) is 3. The Morgan fingerprint density at radius 3 is 2.96 bits per heavy atom. The number of nitrogens with one attached hydrogen (secondary N) is 2. The third-order valence-corrected chi connectivity index (χ3v) is 5.43. The normalized spacial score (nSPS) is 22.8. The van der Waals surface area contributed by atoms with Crippen molar-refractivity contribution in [2.75, 3.05) is 10.6 Å². The molecule has 2 aliphatic rings. The second kappa shape index (κ2) is 5.96. The molecule has 27 heavy (non-hydrogen) atoms. The fraction of sp³-hybridized carbons (Fsp3) is 0.238. The Morgan fingerprint density at radius 1 is 1.22 bits per heavy atom. The molecule has 1 unspecified atom stereocenters. The SMILES string of the molecule is Cc1nnc(Nc2ccc3c(c2)C=C[C@](N)(C2CCc4ccccc42)N3)o1. The molecule has 0 spiro atoms. The first kappa shape index (κ1) is 16.1. The topological polar surface area (TPSA) is 89.0 Å². The number of fused-ring (bicyclic) bond motifs is 2. The van der Waals surface area contributed by atoms with Crippen LogP contribution in [0.5, 0.6) is 0 Å². The number of rotatable bonds is 3. The molecular weight excluding hydrogens is 338 g/mol. The molecule has 1 aliphatic carbocycles. The van der Waals surface area contributed by atoms with Crippen molar-refractivity contribution in [3.05, 3.63) is 71.1 Å². The average Bonchev–Trinajstić information content (AvgIpc) is 3.28. The highest BCUT2D eigenvalue weighted by Gasteiger charge is 2.39. The molecule has 2 aromatic carbocycles. The first-order valence-corrected chi connectivity index (χ1v) is 9.16. The standard InChI is InChI=1S/C21H21N5O/c1-13-25-26-20(27-13)23-16-7-9-19-15(12-16)10-11-21(22,24-19)18-8-6-14-4-2-3-5-17(14)18/h2-5,7,9-12,18,24H,6,8,22H2,1H3,(H,23,26)/t18?,21-/m1/s1. The minimum atomic E-state index is -0.585. The maximum Gasteiger partial charge on any atom is 0.320 e. The molecule has 6 nitrogen and oxygen atoms in total. The van der Waals surface area contributed by atoms with Gasteiger partial charge in [0.25, 0.3) is 0 Å². The maximum atomic E-state index is 6.81. The van der Waals surface area contributed by atoms with Crippen molar-refractivity contribution in [1.29, 1.82) is 0 Å². The van der Waals surface area contributed by atoms with E-state index in [0.717, 1.165) is 29.8 Å². The Labute approximate surface area is 157 Å². The van der Waals surface area contributed by atoms with E-state index in [1.54, 1.807) is 6.92 Å². The lowest BCUT2D eigenvalue weighted by molar-refractivity contribution is 0.468. The number of nitrogens with two attached hydrogens (primary N) is 1. The molecule has 1 aliphatic heterocycles. The summed E-state index contributed by atoms with van der Waals surface area (Å²) in [6, 6.07) is 15.0. The Morgan fingerprint density at radius 2 is 2.11 bits per heavy atom. The molecule has 0 saturated carbocycles. The van der Waals surface area contributed by atoms with Crippen LogP contribution in [-0.4, -0.2) is 15.9 Å². The average molecular weight is 359 g/mol. The molecule has 0 amide bonds. The van der Waals surface area contributed by atoms with Crippen molar-refractivity contribution in [3.63, 3.8) is 0 Å². The first-order valence-electron chi connectivity index (χ1n) is 9.16. The lowest BCUT2D eigenvalue weighted by Crippen LogP contribution is -2.51. The largest absolute Gasteiger partial charge is 0.408 e. The summed E-state index contributed by atoms with van der Waals surface area (Å²) in [5.74, 6) is 0.791. The zero-order valence-corrected chi connectivity index (χ0v) is 15.1. The van der Waals surface area contributed by atoms with Crippen LogP contribution in [0.15, 0.2) is 53.0 Å². The van der Waals surface area contributed by atoms with Gasteiger partial charge in [-0.1, -0.05) is 35.4 Å². The van der Waals surface area contributed by atoms with Gasteiger partial charge in [0.1, 0.15) is 5.66 Å². The van der Waals surface area contributed by atoms with Crippen molar-refractivity contribution in [1.82, 2.24) is 10.2 Å². The lowest BCUT2D eigenvalue weighted by Gasteiger charge is -2.38. The van der Waals surface area contributed by atoms with E-state index in [4.69, 9.17) is 10.2 Å². The monoisotopic (exact) mass is 359 g/mol. The van der Waals surface area contributed by atoms with Crippen LogP contribution in [0, 0.1) is 6.92 Å². The summed E-state index contributed by atoms with van der Waals surface area (Å²) < 4.78 is 5.38. The van der Waals surface area contributed by atoms with Crippen LogP contribution in [0.1, 0.15) is 34.9 Å². The zero-order valence-electron chi connectivity index (χ0n) is 15.1. The second-order valence-corrected chi connectivity index (χ2v) is 7.23. The third-order valence-electron chi connectivity index (χ3n) is 5.43. The number of aromatic nitrogens is 2. The molecule has 2 heterocycles. The summed E-state index contributed by atoms with van der Waals surface area (Å²) in [4.78, 5) is 0. The van der Waals surface area contributed by atoms with E-state index in [0.29, 0.717) is 11.9 Å². The van der Waals surface area contributed by atoms with Gasteiger partial charge in [0.05, 0.1) is 0 Å². The van der Waals surface area contributed by atoms with Gasteiger partial charge in [0, 0.05) is 24.2 Å². The molecule has 5 rings (SSSR count). The quantitative estimate of drug-likeness (QED) is 0.656. The van der Waals surface area contributed by atoms with Gasteiger partial charge >= 0.3 is 6.01 Å². The van der Waals surface area contributed by atoms with E-state index in [2.05, 4.69) is 57.2 Å². The molecule has 3 aromatic rings. The molecule has 0 bridgehead atoms. The van der Waals surface area contributed by atoms with Crippen LogP contribution in [0.3, 0.4) is 0 Å². The number of hydrogen-bond acceptors (Lipinski definition) is 6. The second-order valence-electron chi connectivity index (χ2n) is 7.23. The highest BCUT2D eigenvalue weighted by atomic mass is 16.4. The van der Waals surface area contributed by atoms with Gasteiger partial charge in [0.2, 0.25) is 5.89 Å². The molecule has 2 atom stereocenters. The highest BCUT2D eigenvalue weighted by molar-refractivity contribution is 5.76. The molecule has 6 heteroatoms. The minimum Gasteiger partial charge on any atom is -0.408 e. The lowest BCUT2D eigenvalue weighted by atomic mass is 9.84. The molecule has 1 aromatic heterocycles. The number of nitrogens with zero attached hydrogens (tertiary/aromatic N) is 2. The van der Waals surface area contributed by atoms with E-state index in [9.17, 15) is 0 Å². The van der Waals surface area contributed by atoms with E-state index in [1.807, 2.05) is 18.2 Å². The first-order chi connectivity index (χ1) is 13.1. The highest BCUT2D eigenvalue weighted by Crippen LogP contribution is 2.43. The summed E-state index contributed by atoms with van der Waals surface area (Å²) in [5, 5.41) is 14.5. The Balaban J connectivity index is 1.41. The zero-order chi connectivity index (χ0) is 18.4. The van der Waals surface area contributed by atoms with Gasteiger partial charge in [-0.05, 0) is 53.8 Å². The van der Waals surface area contributed by atoms with Gasteiger partial charge in [-0.15, -0.1) is 5.10 Å². The summed E-state index contributed by atoms with van der Waals surface area (Å²) in [6.45, 7) is 1.76. The fourth-order valence-corrected chi connectivity index (χ4v) is 4.12. The minimum absolute atomic E-state index is 0.261. The summed E-state index contributed by atoms with van der Waals surface area (Å²) >= 11 is 0. The van der Waals surface area contributed by atoms with E-state index >= 15 is 0 Å². The van der Waals surface area contributed by atoms with Crippen LogP contribution in [-0.2, 0) is 6.42 Å². The molecule has 0 radical (unpaired) electrons. The van der Waals surface area contributed by atoms with Crippen LogP contribution < -0.4 is 16.4 Å². The van der Waals surface area contributed by atoms with E-state index in [-0.39, 0.29) is 5.92 Å². The van der Waals surface area contributed by atoms with Crippen LogP contribution >= 0.6 is 0 Å². The van der Waals surface area contributed by atoms with Crippen molar-refractivity contribution in [2.24, 2.45) is 5.73 Å². The predicted octanol–water partition coefficient (Wildman–Crippen LogP) is 3.95. The smallest absolute Gasteiger partial charge is 0.320 e. The molecule has 0 saturated heterocycles. The molecule has 4 N–H and O–H groups in total. The van der Waals surface area contributed by atoms with Crippen LogP contribution in [0.4, 0.5) is 17.4 Å². The summed E-state index contributed by atoms with van der Waals surface area (Å²) in [5.41, 5.74) is 12.0. The molecule has 136 valence electrons. The van der Waals surface area contributed by atoms with Gasteiger partial charge in [-0.3, -0.25) is 0 Å². The fourth-order valence-electron chi connectivity index (χ4n) is 4.12. The van der Waals surface area contributed by atoms with Gasteiger partial charge < -0.3 is 20.8 Å². The Hall–Kier alpha value is -3.12. The maximum absolute atomic E-state index is 6.81. The Kier molecular flexibility index (Phi) is 3.55. The van der Waals surface area contributed by atoms with Crippen molar-refractivity contribution in [2.45, 2.75) is 31.3 Å². The van der Waals surface area contributed by atoms with E-state index in [1.165, 1.54) is 11.1 Å². The summed E-state index contributed by atoms with van der Waals surface area (Å²) in [7, 11) is 0. The number of aryl methyl sites for hydroxylation is 2. The predicted molar refractivity (Wildman–Crippen MR) is 106 cm³/mol. The van der Waals surface area contributed by atoms with Crippen molar-refractivity contribution < 1.29 is 4.42 Å².